The lowest BCUT2D eigenvalue weighted by Crippen LogP contribution is -2.08. The molecule has 5 heteroatoms. The third-order valence-corrected chi connectivity index (χ3v) is 2.62. The Bertz CT molecular complexity index is 487. The number of hydrogen-bond donors (Lipinski definition) is 2. The van der Waals surface area contributed by atoms with Gasteiger partial charge in [-0.1, -0.05) is 22.0 Å². The van der Waals surface area contributed by atoms with Gasteiger partial charge in [0.15, 0.2) is 0 Å². The van der Waals surface area contributed by atoms with Crippen LogP contribution in [0.15, 0.2) is 28.7 Å². The second kappa shape index (κ2) is 4.79. The van der Waals surface area contributed by atoms with Crippen molar-refractivity contribution in [1.29, 1.82) is 0 Å². The SMILES string of the molecule is Cc1cc(NN)nc2cc(Br)ccc12.Cl. The van der Waals surface area contributed by atoms with Gasteiger partial charge in [0.1, 0.15) is 5.82 Å². The van der Waals surface area contributed by atoms with Crippen molar-refractivity contribution >= 4 is 45.1 Å². The summed E-state index contributed by atoms with van der Waals surface area (Å²) in [6, 6.07) is 7.95. The zero-order valence-corrected chi connectivity index (χ0v) is 10.5. The summed E-state index contributed by atoms with van der Waals surface area (Å²) in [6.07, 6.45) is 0. The molecule has 3 nitrogen and oxygen atoms in total. The maximum atomic E-state index is 5.32. The van der Waals surface area contributed by atoms with Gasteiger partial charge in [-0.15, -0.1) is 12.4 Å². The Morgan fingerprint density at radius 1 is 1.33 bits per heavy atom. The molecule has 2 aromatic rings. The number of aryl methyl sites for hydroxylation is 1. The van der Waals surface area contributed by atoms with Crippen molar-refractivity contribution in [1.82, 2.24) is 4.98 Å². The predicted octanol–water partition coefficient (Wildman–Crippen LogP) is 3.01. The molecule has 0 aliphatic heterocycles. The maximum Gasteiger partial charge on any atom is 0.140 e. The number of hydrazine groups is 1. The minimum absolute atomic E-state index is 0. The van der Waals surface area contributed by atoms with E-state index in [-0.39, 0.29) is 12.4 Å². The predicted molar refractivity (Wildman–Crippen MR) is 69.2 cm³/mol. The second-order valence-corrected chi connectivity index (χ2v) is 4.05. The minimum Gasteiger partial charge on any atom is -0.308 e. The lowest BCUT2D eigenvalue weighted by Gasteiger charge is -2.05. The summed E-state index contributed by atoms with van der Waals surface area (Å²) in [5.74, 6) is 6.01. The number of nitrogen functional groups attached to an aromatic ring is 1. The van der Waals surface area contributed by atoms with Crippen molar-refractivity contribution in [2.24, 2.45) is 5.84 Å². The number of halogens is 2. The Morgan fingerprint density at radius 3 is 2.73 bits per heavy atom. The number of nitrogens with two attached hydrogens (primary N) is 1. The van der Waals surface area contributed by atoms with Crippen LogP contribution in [0.1, 0.15) is 5.56 Å². The molecule has 0 saturated carbocycles. The molecule has 0 aliphatic carbocycles. The van der Waals surface area contributed by atoms with Gasteiger partial charge >= 0.3 is 0 Å². The first kappa shape index (κ1) is 12.2. The number of pyridine rings is 1. The van der Waals surface area contributed by atoms with Gasteiger partial charge in [-0.25, -0.2) is 10.8 Å². The fourth-order valence-corrected chi connectivity index (χ4v) is 1.80. The van der Waals surface area contributed by atoms with Crippen molar-refractivity contribution in [2.75, 3.05) is 5.43 Å². The molecule has 0 radical (unpaired) electrons. The highest BCUT2D eigenvalue weighted by Crippen LogP contribution is 2.23. The van der Waals surface area contributed by atoms with E-state index in [1.54, 1.807) is 0 Å². The normalized spacial score (nSPS) is 9.80. The molecule has 0 spiro atoms. The highest BCUT2D eigenvalue weighted by molar-refractivity contribution is 9.10. The van der Waals surface area contributed by atoms with E-state index in [9.17, 15) is 0 Å². The quantitative estimate of drug-likeness (QED) is 0.626. The Morgan fingerprint density at radius 2 is 2.07 bits per heavy atom. The summed E-state index contributed by atoms with van der Waals surface area (Å²) >= 11 is 3.41. The van der Waals surface area contributed by atoms with Crippen LogP contribution >= 0.6 is 28.3 Å². The van der Waals surface area contributed by atoms with Gasteiger partial charge in [0.25, 0.3) is 0 Å². The molecule has 80 valence electrons. The first-order valence-electron chi connectivity index (χ1n) is 4.24. The molecule has 0 atom stereocenters. The zero-order valence-electron chi connectivity index (χ0n) is 8.12. The third kappa shape index (κ3) is 2.40. The van der Waals surface area contributed by atoms with E-state index in [2.05, 4.69) is 26.3 Å². The molecule has 0 bridgehead atoms. The summed E-state index contributed by atoms with van der Waals surface area (Å²) in [6.45, 7) is 2.04. The summed E-state index contributed by atoms with van der Waals surface area (Å²) < 4.78 is 1.02. The molecule has 1 heterocycles. The van der Waals surface area contributed by atoms with Crippen molar-refractivity contribution in [2.45, 2.75) is 6.92 Å². The molecule has 0 fully saturated rings. The molecule has 15 heavy (non-hydrogen) atoms. The lowest BCUT2D eigenvalue weighted by molar-refractivity contribution is 1.25. The smallest absolute Gasteiger partial charge is 0.140 e. The molecular weight excluding hydrogens is 277 g/mol. The Labute approximate surface area is 103 Å². The summed E-state index contributed by atoms with van der Waals surface area (Å²) in [4.78, 5) is 4.35. The zero-order chi connectivity index (χ0) is 10.1. The summed E-state index contributed by atoms with van der Waals surface area (Å²) in [5.41, 5.74) is 4.65. The Hall–Kier alpha value is -0.840. The molecule has 2 rings (SSSR count). The number of rotatable bonds is 1. The molecule has 3 N–H and O–H groups in total. The van der Waals surface area contributed by atoms with Crippen LogP contribution in [-0.4, -0.2) is 4.98 Å². The summed E-state index contributed by atoms with van der Waals surface area (Å²) in [5, 5.41) is 1.15. The number of nitrogens with zero attached hydrogens (tertiary/aromatic N) is 1. The van der Waals surface area contributed by atoms with Gasteiger partial charge in [0.2, 0.25) is 0 Å². The third-order valence-electron chi connectivity index (χ3n) is 2.13. The average Bonchev–Trinajstić information content (AvgIpc) is 2.16. The van der Waals surface area contributed by atoms with E-state index in [1.807, 2.05) is 31.2 Å². The Kier molecular flexibility index (Phi) is 3.90. The Balaban J connectivity index is 0.00000112. The van der Waals surface area contributed by atoms with E-state index in [1.165, 1.54) is 0 Å². The van der Waals surface area contributed by atoms with Crippen LogP contribution in [0.2, 0.25) is 0 Å². The highest BCUT2D eigenvalue weighted by Gasteiger charge is 2.01. The van der Waals surface area contributed by atoms with Crippen LogP contribution in [0.25, 0.3) is 10.9 Å². The van der Waals surface area contributed by atoms with Gasteiger partial charge in [0.05, 0.1) is 5.52 Å². The van der Waals surface area contributed by atoms with Crippen LogP contribution in [0.4, 0.5) is 5.82 Å². The van der Waals surface area contributed by atoms with Crippen LogP contribution in [-0.2, 0) is 0 Å². The lowest BCUT2D eigenvalue weighted by atomic mass is 10.1. The van der Waals surface area contributed by atoms with Crippen LogP contribution in [0.5, 0.6) is 0 Å². The van der Waals surface area contributed by atoms with Gasteiger partial charge < -0.3 is 5.43 Å². The second-order valence-electron chi connectivity index (χ2n) is 3.13. The van der Waals surface area contributed by atoms with E-state index >= 15 is 0 Å². The molecule has 0 unspecified atom stereocenters. The van der Waals surface area contributed by atoms with Gasteiger partial charge in [-0.3, -0.25) is 0 Å². The number of hydrogen-bond acceptors (Lipinski definition) is 3. The van der Waals surface area contributed by atoms with Gasteiger partial charge in [0, 0.05) is 9.86 Å². The fraction of sp³-hybridized carbons (Fsp3) is 0.100. The fourth-order valence-electron chi connectivity index (χ4n) is 1.45. The molecule has 1 aromatic carbocycles. The molecule has 1 aromatic heterocycles. The number of fused-ring (bicyclic) bond motifs is 1. The highest BCUT2D eigenvalue weighted by atomic mass is 79.9. The van der Waals surface area contributed by atoms with Crippen molar-refractivity contribution in [3.8, 4) is 0 Å². The van der Waals surface area contributed by atoms with Crippen molar-refractivity contribution in [3.05, 3.63) is 34.3 Å². The molecular formula is C10H11BrClN3. The van der Waals surface area contributed by atoms with Crippen molar-refractivity contribution < 1.29 is 0 Å². The maximum absolute atomic E-state index is 5.32. The van der Waals surface area contributed by atoms with Crippen molar-refractivity contribution in [3.63, 3.8) is 0 Å². The molecule has 0 aliphatic rings. The number of anilines is 1. The van der Waals surface area contributed by atoms with E-state index < -0.39 is 0 Å². The van der Waals surface area contributed by atoms with Crippen LogP contribution in [0.3, 0.4) is 0 Å². The standard InChI is InChI=1S/C10H10BrN3.ClH/c1-6-4-10(14-12)13-9-5-7(11)2-3-8(6)9;/h2-5H,12H2,1H3,(H,13,14);1H. The first-order valence-corrected chi connectivity index (χ1v) is 5.03. The molecule has 0 amide bonds. The topological polar surface area (TPSA) is 50.9 Å². The van der Waals surface area contributed by atoms with E-state index in [0.717, 1.165) is 20.9 Å². The largest absolute Gasteiger partial charge is 0.308 e. The monoisotopic (exact) mass is 287 g/mol. The van der Waals surface area contributed by atoms with Crippen LogP contribution < -0.4 is 11.3 Å². The first-order chi connectivity index (χ1) is 6.70. The van der Waals surface area contributed by atoms with E-state index in [4.69, 9.17) is 5.84 Å². The number of benzene rings is 1. The van der Waals surface area contributed by atoms with Crippen LogP contribution in [0, 0.1) is 6.92 Å². The van der Waals surface area contributed by atoms with Gasteiger partial charge in [-0.05, 0) is 30.7 Å². The number of aromatic nitrogens is 1. The van der Waals surface area contributed by atoms with E-state index in [0.29, 0.717) is 5.82 Å². The van der Waals surface area contributed by atoms with Gasteiger partial charge in [-0.2, -0.15) is 0 Å². The number of nitrogens with one attached hydrogen (secondary N) is 1. The minimum atomic E-state index is 0. The summed E-state index contributed by atoms with van der Waals surface area (Å²) in [7, 11) is 0. The molecule has 0 saturated heterocycles. The average molecular weight is 289 g/mol.